The number of hydrogen-bond acceptors (Lipinski definition) is 3. The maximum atomic E-state index is 11.6. The van der Waals surface area contributed by atoms with Gasteiger partial charge in [-0.2, -0.15) is 4.31 Å². The number of rotatable bonds is 3. The molecule has 0 aliphatic carbocycles. The third kappa shape index (κ3) is 2.83. The van der Waals surface area contributed by atoms with E-state index in [0.717, 1.165) is 11.1 Å². The van der Waals surface area contributed by atoms with E-state index in [1.54, 1.807) is 0 Å². The van der Waals surface area contributed by atoms with Gasteiger partial charge in [0.2, 0.25) is 10.0 Å². The predicted octanol–water partition coefficient (Wildman–Crippen LogP) is 0.856. The van der Waals surface area contributed by atoms with E-state index < -0.39 is 10.0 Å². The van der Waals surface area contributed by atoms with Crippen LogP contribution in [0.1, 0.15) is 17.5 Å². The average molecular weight is 270 g/mol. The Labute approximate surface area is 106 Å². The van der Waals surface area contributed by atoms with Crippen LogP contribution in [-0.4, -0.2) is 30.0 Å². The highest BCUT2D eigenvalue weighted by Gasteiger charge is 2.27. The van der Waals surface area contributed by atoms with E-state index in [9.17, 15) is 8.42 Å². The minimum Gasteiger partial charge on any atom is -0.389 e. The summed E-state index contributed by atoms with van der Waals surface area (Å²) >= 11 is 4.86. The van der Waals surface area contributed by atoms with Crippen LogP contribution in [0.15, 0.2) is 24.3 Å². The fourth-order valence-electron chi connectivity index (χ4n) is 1.85. The first kappa shape index (κ1) is 12.5. The summed E-state index contributed by atoms with van der Waals surface area (Å²) in [6.07, 6.45) is 0.716. The molecule has 1 fully saturated rings. The lowest BCUT2D eigenvalue weighted by Gasteiger charge is -2.14. The van der Waals surface area contributed by atoms with E-state index in [2.05, 4.69) is 0 Å². The smallest absolute Gasteiger partial charge is 0.214 e. The van der Waals surface area contributed by atoms with Gasteiger partial charge in [-0.25, -0.2) is 8.42 Å². The molecule has 0 aromatic heterocycles. The Bertz CT molecular complexity index is 523. The highest BCUT2D eigenvalue weighted by Crippen LogP contribution is 2.17. The lowest BCUT2D eigenvalue weighted by atomic mass is 10.1. The van der Waals surface area contributed by atoms with Gasteiger partial charge in [0, 0.05) is 18.7 Å². The van der Waals surface area contributed by atoms with Gasteiger partial charge in [-0.3, -0.25) is 0 Å². The second kappa shape index (κ2) is 4.72. The molecule has 2 N–H and O–H groups in total. The van der Waals surface area contributed by atoms with E-state index in [-0.39, 0.29) is 5.75 Å². The number of benzene rings is 1. The SMILES string of the molecule is NC(=S)c1ccc(CN2CCCS2(=O)=O)cc1. The molecule has 0 unspecified atom stereocenters. The van der Waals surface area contributed by atoms with Crippen molar-refractivity contribution in [2.24, 2.45) is 5.73 Å². The summed E-state index contributed by atoms with van der Waals surface area (Å²) in [5.74, 6) is 0.262. The Morgan fingerprint density at radius 3 is 2.47 bits per heavy atom. The predicted molar refractivity (Wildman–Crippen MR) is 71.1 cm³/mol. The quantitative estimate of drug-likeness (QED) is 0.827. The normalized spacial score (nSPS) is 19.3. The van der Waals surface area contributed by atoms with Crippen LogP contribution in [0.4, 0.5) is 0 Å². The van der Waals surface area contributed by atoms with E-state index >= 15 is 0 Å². The van der Waals surface area contributed by atoms with Crippen molar-refractivity contribution < 1.29 is 8.42 Å². The minimum atomic E-state index is -3.03. The molecule has 0 spiro atoms. The molecule has 2 rings (SSSR count). The van der Waals surface area contributed by atoms with Gasteiger partial charge in [0.1, 0.15) is 4.99 Å². The van der Waals surface area contributed by atoms with Gasteiger partial charge in [0.25, 0.3) is 0 Å². The molecule has 1 saturated heterocycles. The summed E-state index contributed by atoms with van der Waals surface area (Å²) in [6, 6.07) is 7.37. The van der Waals surface area contributed by atoms with Gasteiger partial charge in [0.05, 0.1) is 5.75 Å². The van der Waals surface area contributed by atoms with Crippen LogP contribution in [0.3, 0.4) is 0 Å². The third-order valence-electron chi connectivity index (χ3n) is 2.80. The number of sulfonamides is 1. The maximum absolute atomic E-state index is 11.6. The molecule has 1 aliphatic heterocycles. The van der Waals surface area contributed by atoms with Crippen LogP contribution in [0.5, 0.6) is 0 Å². The van der Waals surface area contributed by atoms with Crippen molar-refractivity contribution in [3.8, 4) is 0 Å². The Kier molecular flexibility index (Phi) is 3.46. The number of hydrogen-bond donors (Lipinski definition) is 1. The molecule has 6 heteroatoms. The lowest BCUT2D eigenvalue weighted by molar-refractivity contribution is 0.440. The molecule has 1 aromatic carbocycles. The van der Waals surface area contributed by atoms with Crippen molar-refractivity contribution in [1.29, 1.82) is 0 Å². The third-order valence-corrected chi connectivity index (χ3v) is 4.94. The van der Waals surface area contributed by atoms with Gasteiger partial charge >= 0.3 is 0 Å². The molecule has 1 aliphatic rings. The zero-order valence-corrected chi connectivity index (χ0v) is 10.9. The van der Waals surface area contributed by atoms with Crippen LogP contribution in [0.25, 0.3) is 0 Å². The van der Waals surface area contributed by atoms with E-state index in [0.29, 0.717) is 24.5 Å². The van der Waals surface area contributed by atoms with Crippen molar-refractivity contribution in [2.45, 2.75) is 13.0 Å². The molecular weight excluding hydrogens is 256 g/mol. The van der Waals surface area contributed by atoms with Gasteiger partial charge in [-0.15, -0.1) is 0 Å². The highest BCUT2D eigenvalue weighted by atomic mass is 32.2. The molecule has 17 heavy (non-hydrogen) atoms. The van der Waals surface area contributed by atoms with E-state index in [1.165, 1.54) is 4.31 Å². The summed E-state index contributed by atoms with van der Waals surface area (Å²) in [5.41, 5.74) is 7.25. The molecular formula is C11H14N2O2S2. The van der Waals surface area contributed by atoms with Crippen LogP contribution in [0.2, 0.25) is 0 Å². The lowest BCUT2D eigenvalue weighted by Crippen LogP contribution is -2.25. The summed E-state index contributed by atoms with van der Waals surface area (Å²) in [6.45, 7) is 1.04. The molecule has 1 aromatic rings. The number of thiocarbonyl (C=S) groups is 1. The first-order valence-electron chi connectivity index (χ1n) is 5.35. The van der Waals surface area contributed by atoms with Crippen molar-refractivity contribution in [2.75, 3.05) is 12.3 Å². The van der Waals surface area contributed by atoms with Gasteiger partial charge in [0.15, 0.2) is 0 Å². The topological polar surface area (TPSA) is 63.4 Å². The van der Waals surface area contributed by atoms with Crippen LogP contribution >= 0.6 is 12.2 Å². The minimum absolute atomic E-state index is 0.262. The van der Waals surface area contributed by atoms with E-state index in [1.807, 2.05) is 24.3 Å². The van der Waals surface area contributed by atoms with Crippen LogP contribution < -0.4 is 5.73 Å². The van der Waals surface area contributed by atoms with Crippen LogP contribution in [0, 0.1) is 0 Å². The first-order chi connectivity index (χ1) is 7.99. The molecule has 0 radical (unpaired) electrons. The summed E-state index contributed by atoms with van der Waals surface area (Å²) in [5, 5.41) is 0. The van der Waals surface area contributed by atoms with Gasteiger partial charge in [-0.1, -0.05) is 36.5 Å². The second-order valence-corrected chi connectivity index (χ2v) is 6.59. The summed E-state index contributed by atoms with van der Waals surface area (Å²) in [7, 11) is -3.03. The zero-order valence-electron chi connectivity index (χ0n) is 9.30. The van der Waals surface area contributed by atoms with Gasteiger partial charge in [-0.05, 0) is 12.0 Å². The number of nitrogens with two attached hydrogens (primary N) is 1. The van der Waals surface area contributed by atoms with Crippen molar-refractivity contribution in [3.63, 3.8) is 0 Å². The Balaban J connectivity index is 2.12. The van der Waals surface area contributed by atoms with Crippen molar-refractivity contribution in [3.05, 3.63) is 35.4 Å². The fraction of sp³-hybridized carbons (Fsp3) is 0.364. The Morgan fingerprint density at radius 2 is 2.00 bits per heavy atom. The Morgan fingerprint density at radius 1 is 1.35 bits per heavy atom. The monoisotopic (exact) mass is 270 g/mol. The summed E-state index contributed by atoms with van der Waals surface area (Å²) in [4.78, 5) is 0.352. The standard InChI is InChI=1S/C11H14N2O2S2/c12-11(16)10-4-2-9(3-5-10)8-13-6-1-7-17(13,14)15/h2-5H,1,6-8H2,(H2,12,16). The Hall–Kier alpha value is -0.980. The molecule has 4 nitrogen and oxygen atoms in total. The van der Waals surface area contributed by atoms with Crippen LogP contribution in [-0.2, 0) is 16.6 Å². The molecule has 0 bridgehead atoms. The number of nitrogens with zero attached hydrogens (tertiary/aromatic N) is 1. The zero-order chi connectivity index (χ0) is 12.5. The summed E-state index contributed by atoms with van der Waals surface area (Å²) < 4.78 is 24.8. The largest absolute Gasteiger partial charge is 0.389 e. The molecule has 92 valence electrons. The molecule has 1 heterocycles. The molecule has 0 saturated carbocycles. The molecule has 0 atom stereocenters. The van der Waals surface area contributed by atoms with E-state index in [4.69, 9.17) is 18.0 Å². The maximum Gasteiger partial charge on any atom is 0.214 e. The van der Waals surface area contributed by atoms with Gasteiger partial charge < -0.3 is 5.73 Å². The average Bonchev–Trinajstić information content (AvgIpc) is 2.59. The van der Waals surface area contributed by atoms with Crippen molar-refractivity contribution in [1.82, 2.24) is 4.31 Å². The second-order valence-electron chi connectivity index (χ2n) is 4.06. The first-order valence-corrected chi connectivity index (χ1v) is 7.37. The fourth-order valence-corrected chi connectivity index (χ4v) is 3.49. The highest BCUT2D eigenvalue weighted by molar-refractivity contribution is 7.89. The van der Waals surface area contributed by atoms with Crippen molar-refractivity contribution >= 4 is 27.2 Å². The molecule has 0 amide bonds.